The topological polar surface area (TPSA) is 26.1 Å². The van der Waals surface area contributed by atoms with Crippen molar-refractivity contribution in [3.8, 4) is 5.75 Å². The van der Waals surface area contributed by atoms with Gasteiger partial charge in [-0.1, -0.05) is 0 Å². The molecule has 0 amide bonds. The largest absolute Gasteiger partial charge is 0.425 e. The molecule has 0 bridgehead atoms. The van der Waals surface area contributed by atoms with E-state index in [0.717, 1.165) is 0 Å². The number of nitrogens with zero attached hydrogens (tertiary/aromatic N) is 1. The molecule has 0 saturated carbocycles. The van der Waals surface area contributed by atoms with E-state index in [0.29, 0.717) is 17.9 Å². The van der Waals surface area contributed by atoms with Crippen molar-refractivity contribution in [3.05, 3.63) is 41.0 Å². The number of benzene rings is 1. The van der Waals surface area contributed by atoms with Gasteiger partial charge in [0.15, 0.2) is 0 Å². The highest BCUT2D eigenvalue weighted by molar-refractivity contribution is 5.37. The lowest BCUT2D eigenvalue weighted by molar-refractivity contribution is 0.345. The number of halogens is 1. The van der Waals surface area contributed by atoms with Crippen molar-refractivity contribution in [1.29, 1.82) is 0 Å². The van der Waals surface area contributed by atoms with Crippen LogP contribution in [0.15, 0.2) is 18.2 Å². The maximum absolute atomic E-state index is 12.9. The molecule has 1 aromatic carbocycles. The molecule has 0 spiro atoms. The monoisotopic (exact) mass is 193 g/mol. The molecular formula is C10H8FNO2. The van der Waals surface area contributed by atoms with E-state index in [9.17, 15) is 4.39 Å². The van der Waals surface area contributed by atoms with Crippen LogP contribution in [0.4, 0.5) is 4.39 Å². The summed E-state index contributed by atoms with van der Waals surface area (Å²) in [4.78, 5) is 3.07. The lowest BCUT2D eigenvalue weighted by Crippen LogP contribution is -1.96. The number of hydrogen-bond acceptors (Lipinski definition) is 2. The van der Waals surface area contributed by atoms with E-state index in [2.05, 4.69) is 4.85 Å². The van der Waals surface area contributed by atoms with Crippen LogP contribution >= 0.6 is 0 Å². The van der Waals surface area contributed by atoms with Crippen molar-refractivity contribution < 1.29 is 13.9 Å². The summed E-state index contributed by atoms with van der Waals surface area (Å²) >= 11 is 0. The Hall–Kier alpha value is -1.60. The molecule has 1 heterocycles. The molecular weight excluding hydrogens is 185 g/mol. The SMILES string of the molecule is [C-]#[N+]COc1ccc(F)cc1C1CO1. The summed E-state index contributed by atoms with van der Waals surface area (Å²) in [6.45, 7) is 7.13. The molecule has 0 N–H and O–H groups in total. The quantitative estimate of drug-likeness (QED) is 0.543. The van der Waals surface area contributed by atoms with Gasteiger partial charge in [0.05, 0.1) is 6.61 Å². The van der Waals surface area contributed by atoms with Crippen LogP contribution in [0.1, 0.15) is 11.7 Å². The third-order valence-electron chi connectivity index (χ3n) is 1.94. The van der Waals surface area contributed by atoms with Gasteiger partial charge in [0.25, 0.3) is 0 Å². The van der Waals surface area contributed by atoms with Gasteiger partial charge in [-0.2, -0.15) is 0 Å². The highest BCUT2D eigenvalue weighted by Crippen LogP contribution is 2.36. The second-order valence-electron chi connectivity index (χ2n) is 2.94. The molecule has 14 heavy (non-hydrogen) atoms. The van der Waals surface area contributed by atoms with Crippen LogP contribution in [0.3, 0.4) is 0 Å². The summed E-state index contributed by atoms with van der Waals surface area (Å²) in [5.41, 5.74) is 0.689. The molecule has 72 valence electrons. The fraction of sp³-hybridized carbons (Fsp3) is 0.300. The van der Waals surface area contributed by atoms with Crippen molar-refractivity contribution in [2.75, 3.05) is 13.3 Å². The van der Waals surface area contributed by atoms with Gasteiger partial charge in [-0.15, -0.1) is 0 Å². The van der Waals surface area contributed by atoms with Crippen molar-refractivity contribution in [1.82, 2.24) is 0 Å². The second kappa shape index (κ2) is 3.64. The maximum Gasteiger partial charge on any atom is 0.357 e. The van der Waals surface area contributed by atoms with E-state index in [-0.39, 0.29) is 18.7 Å². The third kappa shape index (κ3) is 1.83. The van der Waals surface area contributed by atoms with Crippen LogP contribution in [0.2, 0.25) is 0 Å². The molecule has 2 rings (SSSR count). The molecule has 1 fully saturated rings. The predicted octanol–water partition coefficient (Wildman–Crippen LogP) is 2.15. The van der Waals surface area contributed by atoms with Crippen LogP contribution in [0, 0.1) is 12.4 Å². The Morgan fingerprint density at radius 1 is 1.64 bits per heavy atom. The van der Waals surface area contributed by atoms with Crippen molar-refractivity contribution in [2.45, 2.75) is 6.10 Å². The summed E-state index contributed by atoms with van der Waals surface area (Å²) in [6, 6.07) is 4.22. The minimum atomic E-state index is -0.314. The molecule has 1 aliphatic heterocycles. The van der Waals surface area contributed by atoms with Crippen LogP contribution in [-0.2, 0) is 4.74 Å². The Labute approximate surface area is 80.9 Å². The normalized spacial score (nSPS) is 18.7. The smallest absolute Gasteiger partial charge is 0.357 e. The Morgan fingerprint density at radius 2 is 2.43 bits per heavy atom. The minimum absolute atomic E-state index is 0.0502. The van der Waals surface area contributed by atoms with Crippen LogP contribution < -0.4 is 4.74 Å². The summed E-state index contributed by atoms with van der Waals surface area (Å²) in [7, 11) is 0. The fourth-order valence-electron chi connectivity index (χ4n) is 1.23. The van der Waals surface area contributed by atoms with Gasteiger partial charge in [-0.25, -0.2) is 11.0 Å². The molecule has 0 radical (unpaired) electrons. The van der Waals surface area contributed by atoms with Gasteiger partial charge >= 0.3 is 6.73 Å². The number of epoxide rings is 1. The first-order valence-corrected chi connectivity index (χ1v) is 4.18. The van der Waals surface area contributed by atoms with E-state index in [4.69, 9.17) is 16.0 Å². The zero-order valence-electron chi connectivity index (χ0n) is 7.37. The molecule has 0 aromatic heterocycles. The maximum atomic E-state index is 12.9. The lowest BCUT2D eigenvalue weighted by atomic mass is 10.1. The summed E-state index contributed by atoms with van der Waals surface area (Å²) in [5, 5.41) is 0. The first-order chi connectivity index (χ1) is 6.81. The lowest BCUT2D eigenvalue weighted by Gasteiger charge is -2.04. The van der Waals surface area contributed by atoms with Gasteiger partial charge in [-0.3, -0.25) is 4.85 Å². The van der Waals surface area contributed by atoms with Crippen molar-refractivity contribution in [2.24, 2.45) is 0 Å². The molecule has 0 aliphatic carbocycles. The van der Waals surface area contributed by atoms with E-state index in [1.807, 2.05) is 0 Å². The van der Waals surface area contributed by atoms with Crippen molar-refractivity contribution >= 4 is 0 Å². The van der Waals surface area contributed by atoms with Gasteiger partial charge in [0.1, 0.15) is 17.7 Å². The minimum Gasteiger partial charge on any atom is -0.425 e. The molecule has 1 unspecified atom stereocenters. The van der Waals surface area contributed by atoms with Gasteiger partial charge in [-0.05, 0) is 18.2 Å². The summed E-state index contributed by atoms with van der Waals surface area (Å²) in [5.74, 6) is 0.218. The van der Waals surface area contributed by atoms with Crippen LogP contribution in [0.25, 0.3) is 4.85 Å². The zero-order valence-corrected chi connectivity index (χ0v) is 7.37. The highest BCUT2D eigenvalue weighted by Gasteiger charge is 2.28. The average Bonchev–Trinajstić information content (AvgIpc) is 2.99. The Bertz CT molecular complexity index is 382. The van der Waals surface area contributed by atoms with Gasteiger partial charge < -0.3 is 9.47 Å². The predicted molar refractivity (Wildman–Crippen MR) is 47.2 cm³/mol. The summed E-state index contributed by atoms with van der Waals surface area (Å²) in [6.07, 6.45) is -0.0635. The molecule has 1 aliphatic rings. The van der Waals surface area contributed by atoms with Crippen LogP contribution in [-0.4, -0.2) is 13.3 Å². The number of ether oxygens (including phenoxy) is 2. The number of rotatable bonds is 3. The summed E-state index contributed by atoms with van der Waals surface area (Å²) < 4.78 is 23.1. The first kappa shape index (κ1) is 8.97. The molecule has 3 nitrogen and oxygen atoms in total. The second-order valence-corrected chi connectivity index (χ2v) is 2.94. The van der Waals surface area contributed by atoms with E-state index < -0.39 is 0 Å². The average molecular weight is 193 g/mol. The van der Waals surface area contributed by atoms with E-state index >= 15 is 0 Å². The Kier molecular flexibility index (Phi) is 2.33. The first-order valence-electron chi connectivity index (χ1n) is 4.18. The standard InChI is InChI=1S/C10H8FNO2/c1-12-6-14-9-3-2-7(11)4-8(9)10-5-13-10/h2-4,10H,5-6H2. The van der Waals surface area contributed by atoms with E-state index in [1.165, 1.54) is 18.2 Å². The van der Waals surface area contributed by atoms with Crippen LogP contribution in [0.5, 0.6) is 5.75 Å². The molecule has 1 aromatic rings. The Morgan fingerprint density at radius 3 is 3.07 bits per heavy atom. The Balaban J connectivity index is 2.24. The third-order valence-corrected chi connectivity index (χ3v) is 1.94. The zero-order chi connectivity index (χ0) is 9.97. The number of hydrogen-bond donors (Lipinski definition) is 0. The molecule has 1 atom stereocenters. The fourth-order valence-corrected chi connectivity index (χ4v) is 1.23. The molecule has 4 heteroatoms. The highest BCUT2D eigenvalue weighted by atomic mass is 19.1. The van der Waals surface area contributed by atoms with Gasteiger partial charge in [0.2, 0.25) is 0 Å². The molecule has 1 saturated heterocycles. The van der Waals surface area contributed by atoms with Gasteiger partial charge in [0, 0.05) is 5.56 Å². The van der Waals surface area contributed by atoms with Crippen molar-refractivity contribution in [3.63, 3.8) is 0 Å². The van der Waals surface area contributed by atoms with E-state index in [1.54, 1.807) is 0 Å².